The normalized spacial score (nSPS) is 12.6. The van der Waals surface area contributed by atoms with Gasteiger partial charge in [0.15, 0.2) is 0 Å². The van der Waals surface area contributed by atoms with Crippen LogP contribution in [0.25, 0.3) is 0 Å². The molecule has 0 heterocycles. The van der Waals surface area contributed by atoms with Gasteiger partial charge in [0, 0.05) is 0 Å². The molecule has 8 heteroatoms. The molecular weight excluding hydrogens is 191 g/mol. The molecule has 7 nitrogen and oxygen atoms in total. The van der Waals surface area contributed by atoms with Crippen LogP contribution in [0.5, 0.6) is 0 Å². The van der Waals surface area contributed by atoms with E-state index in [0.717, 1.165) is 0 Å². The number of carbonyl (C=O) groups is 2. The smallest absolute Gasteiger partial charge is 0.353 e. The predicted molar refractivity (Wildman–Crippen MR) is 35.7 cm³/mol. The van der Waals surface area contributed by atoms with Gasteiger partial charge in [-0.05, 0) is 6.92 Å². The van der Waals surface area contributed by atoms with Gasteiger partial charge in [-0.3, -0.25) is 14.2 Å². The molecule has 0 unspecified atom stereocenters. The molecule has 0 radical (unpaired) electrons. The highest BCUT2D eigenvalue weighted by Gasteiger charge is 2.56. The Morgan fingerprint density at radius 2 is 1.42 bits per heavy atom. The third kappa shape index (κ3) is 1.47. The zero-order valence-corrected chi connectivity index (χ0v) is 6.86. The third-order valence-corrected chi connectivity index (χ3v) is 2.96. The van der Waals surface area contributed by atoms with Gasteiger partial charge in [-0.25, -0.2) is 0 Å². The number of hydrogen-bond acceptors (Lipinski definition) is 3. The van der Waals surface area contributed by atoms with E-state index in [1.165, 1.54) is 0 Å². The van der Waals surface area contributed by atoms with Gasteiger partial charge >= 0.3 is 19.5 Å². The van der Waals surface area contributed by atoms with Crippen LogP contribution in [-0.2, 0) is 14.2 Å². The highest BCUT2D eigenvalue weighted by Crippen LogP contribution is 2.50. The molecule has 0 saturated carbocycles. The van der Waals surface area contributed by atoms with E-state index >= 15 is 0 Å². The first-order valence-corrected chi connectivity index (χ1v) is 4.27. The average molecular weight is 198 g/mol. The Morgan fingerprint density at radius 3 is 1.42 bits per heavy atom. The van der Waals surface area contributed by atoms with Crippen LogP contribution >= 0.6 is 7.60 Å². The number of carboxylic acid groups (broad SMARTS) is 2. The number of hydrogen-bond donors (Lipinski definition) is 4. The van der Waals surface area contributed by atoms with Crippen LogP contribution in [0.3, 0.4) is 0 Å². The maximum absolute atomic E-state index is 10.5. The fourth-order valence-corrected chi connectivity index (χ4v) is 0.839. The predicted octanol–water partition coefficient (Wildman–Crippen LogP) is -0.908. The molecule has 0 fully saturated rings. The molecule has 0 bridgehead atoms. The van der Waals surface area contributed by atoms with Gasteiger partial charge in [-0.15, -0.1) is 0 Å². The summed E-state index contributed by atoms with van der Waals surface area (Å²) < 4.78 is 10.5. The minimum Gasteiger partial charge on any atom is -0.480 e. The Labute approximate surface area is 66.8 Å². The fourth-order valence-electron chi connectivity index (χ4n) is 0.341. The van der Waals surface area contributed by atoms with E-state index in [-0.39, 0.29) is 0 Å². The zero-order valence-electron chi connectivity index (χ0n) is 5.96. The van der Waals surface area contributed by atoms with Gasteiger partial charge in [-0.1, -0.05) is 0 Å². The molecule has 12 heavy (non-hydrogen) atoms. The number of aliphatic carboxylic acids is 2. The number of rotatable bonds is 3. The quantitative estimate of drug-likeness (QED) is 0.341. The summed E-state index contributed by atoms with van der Waals surface area (Å²) in [7, 11) is -5.20. The van der Waals surface area contributed by atoms with E-state index in [9.17, 15) is 14.2 Å². The van der Waals surface area contributed by atoms with Crippen LogP contribution in [0, 0.1) is 0 Å². The minimum atomic E-state index is -5.20. The Bertz CT molecular complexity index is 249. The van der Waals surface area contributed by atoms with E-state index in [1.807, 2.05) is 0 Å². The van der Waals surface area contributed by atoms with Crippen molar-refractivity contribution >= 4 is 19.5 Å². The van der Waals surface area contributed by atoms with Crippen molar-refractivity contribution in [2.24, 2.45) is 0 Å². The monoisotopic (exact) mass is 198 g/mol. The SMILES string of the molecule is CC(C(=O)O)(C(=O)O)P(=O)(O)O. The van der Waals surface area contributed by atoms with Crippen LogP contribution in [-0.4, -0.2) is 37.1 Å². The summed E-state index contributed by atoms with van der Waals surface area (Å²) >= 11 is 0. The van der Waals surface area contributed by atoms with Crippen molar-refractivity contribution in [1.29, 1.82) is 0 Å². The second-order valence-electron chi connectivity index (χ2n) is 2.23. The molecule has 0 aliphatic rings. The van der Waals surface area contributed by atoms with Crippen LogP contribution < -0.4 is 0 Å². The molecule has 0 saturated heterocycles. The van der Waals surface area contributed by atoms with Crippen molar-refractivity contribution in [2.75, 3.05) is 0 Å². The lowest BCUT2D eigenvalue weighted by molar-refractivity contribution is -0.152. The highest BCUT2D eigenvalue weighted by atomic mass is 31.2. The minimum absolute atomic E-state index is 0.457. The van der Waals surface area contributed by atoms with Gasteiger partial charge in [0.25, 0.3) is 5.16 Å². The summed E-state index contributed by atoms with van der Waals surface area (Å²) in [4.78, 5) is 37.3. The lowest BCUT2D eigenvalue weighted by Crippen LogP contribution is -2.43. The molecule has 0 spiro atoms. The molecule has 4 N–H and O–H groups in total. The van der Waals surface area contributed by atoms with E-state index in [2.05, 4.69) is 0 Å². The van der Waals surface area contributed by atoms with Crippen LogP contribution in [0.1, 0.15) is 6.92 Å². The first kappa shape index (κ1) is 11.1. The fraction of sp³-hybridized carbons (Fsp3) is 0.500. The van der Waals surface area contributed by atoms with Gasteiger partial charge in [0.1, 0.15) is 0 Å². The number of carboxylic acids is 2. The largest absolute Gasteiger partial charge is 0.480 e. The van der Waals surface area contributed by atoms with Crippen molar-refractivity contribution in [2.45, 2.75) is 12.1 Å². The maximum Gasteiger partial charge on any atom is 0.353 e. The van der Waals surface area contributed by atoms with Gasteiger partial charge < -0.3 is 20.0 Å². The molecule has 0 aliphatic heterocycles. The Balaban J connectivity index is 5.32. The molecule has 0 aliphatic carbocycles. The van der Waals surface area contributed by atoms with Crippen LogP contribution in [0.2, 0.25) is 0 Å². The zero-order chi connectivity index (χ0) is 10.2. The van der Waals surface area contributed by atoms with E-state index in [4.69, 9.17) is 20.0 Å². The van der Waals surface area contributed by atoms with Crippen LogP contribution in [0.4, 0.5) is 0 Å². The molecule has 0 atom stereocenters. The Kier molecular flexibility index (Phi) is 2.64. The molecular formula is C4H7O7P. The summed E-state index contributed by atoms with van der Waals surface area (Å²) in [6, 6.07) is 0. The second-order valence-corrected chi connectivity index (χ2v) is 4.21. The van der Waals surface area contributed by atoms with Gasteiger partial charge in [0.2, 0.25) is 0 Å². The van der Waals surface area contributed by atoms with E-state index in [0.29, 0.717) is 6.92 Å². The van der Waals surface area contributed by atoms with Gasteiger partial charge in [-0.2, -0.15) is 0 Å². The highest BCUT2D eigenvalue weighted by molar-refractivity contribution is 7.56. The van der Waals surface area contributed by atoms with Crippen molar-refractivity contribution in [3.05, 3.63) is 0 Å². The maximum atomic E-state index is 10.5. The Morgan fingerprint density at radius 1 is 1.17 bits per heavy atom. The summed E-state index contributed by atoms with van der Waals surface area (Å²) in [6.07, 6.45) is 0. The van der Waals surface area contributed by atoms with Crippen molar-refractivity contribution in [3.8, 4) is 0 Å². The molecule has 0 rings (SSSR count). The van der Waals surface area contributed by atoms with Crippen molar-refractivity contribution in [1.82, 2.24) is 0 Å². The molecule has 0 aromatic heterocycles. The molecule has 0 aromatic carbocycles. The van der Waals surface area contributed by atoms with E-state index in [1.54, 1.807) is 0 Å². The Hall–Kier alpha value is -0.910. The standard InChI is InChI=1S/C4H7O7P/c1-4(2(5)6,3(7)8)12(9,10)11/h1H3,(H,5,6)(H,7,8)(H2,9,10,11). The first-order chi connectivity index (χ1) is 5.14. The summed E-state index contributed by atoms with van der Waals surface area (Å²) in [5, 5.41) is 13.5. The lowest BCUT2D eigenvalue weighted by atomic mass is 10.2. The summed E-state index contributed by atoms with van der Waals surface area (Å²) in [5.41, 5.74) is 0. The van der Waals surface area contributed by atoms with Crippen molar-refractivity contribution in [3.63, 3.8) is 0 Å². The molecule has 70 valence electrons. The van der Waals surface area contributed by atoms with Crippen molar-refractivity contribution < 1.29 is 34.2 Å². The van der Waals surface area contributed by atoms with Crippen LogP contribution in [0.15, 0.2) is 0 Å². The van der Waals surface area contributed by atoms with Gasteiger partial charge in [0.05, 0.1) is 0 Å². The third-order valence-electron chi connectivity index (χ3n) is 1.42. The molecule has 0 amide bonds. The molecule has 0 aromatic rings. The first-order valence-electron chi connectivity index (χ1n) is 2.66. The summed E-state index contributed by atoms with van der Waals surface area (Å²) in [5.74, 6) is -4.13. The summed E-state index contributed by atoms with van der Waals surface area (Å²) in [6.45, 7) is 0.457. The lowest BCUT2D eigenvalue weighted by Gasteiger charge is -2.20. The average Bonchev–Trinajstić information content (AvgIpc) is 1.82. The topological polar surface area (TPSA) is 132 Å². The van der Waals surface area contributed by atoms with E-state index < -0.39 is 24.7 Å². The second kappa shape index (κ2) is 2.85.